The first-order valence-corrected chi connectivity index (χ1v) is 7.22. The van der Waals surface area contributed by atoms with Crippen LogP contribution >= 0.6 is 0 Å². The van der Waals surface area contributed by atoms with Crippen molar-refractivity contribution >= 4 is 15.9 Å². The topological polar surface area (TPSA) is 57.7 Å². The fourth-order valence-electron chi connectivity index (χ4n) is 1.71. The van der Waals surface area contributed by atoms with Gasteiger partial charge in [-0.3, -0.25) is 4.79 Å². The molecule has 2 rings (SSSR count). The van der Waals surface area contributed by atoms with Gasteiger partial charge >= 0.3 is 0 Å². The van der Waals surface area contributed by atoms with Crippen LogP contribution in [-0.2, 0) is 14.8 Å². The molecule has 0 spiro atoms. The van der Waals surface area contributed by atoms with Gasteiger partial charge in [0.2, 0.25) is 15.9 Å². The number of carbonyl (C=O) groups excluding carboxylic acids is 1. The van der Waals surface area contributed by atoms with Crippen LogP contribution in [0.25, 0.3) is 0 Å². The second kappa shape index (κ2) is 5.63. The fourth-order valence-corrected chi connectivity index (χ4v) is 2.92. The summed E-state index contributed by atoms with van der Waals surface area (Å²) >= 11 is 0. The van der Waals surface area contributed by atoms with Gasteiger partial charge in [-0.05, 0) is 19.3 Å². The van der Waals surface area contributed by atoms with E-state index in [1.807, 2.05) is 7.05 Å². The molecule has 5 nitrogen and oxygen atoms in total. The Hall–Kier alpha value is -0.620. The van der Waals surface area contributed by atoms with Crippen LogP contribution in [0.1, 0.15) is 25.7 Å². The Morgan fingerprint density at radius 3 is 2.00 bits per heavy atom. The van der Waals surface area contributed by atoms with Crippen LogP contribution in [0, 0.1) is 0 Å². The molecule has 94 valence electrons. The molecule has 0 unspecified atom stereocenters. The fraction of sp³-hybridized carbons (Fsp3) is 0.900. The summed E-state index contributed by atoms with van der Waals surface area (Å²) in [6.45, 7) is 1.65. The number of carbonyl (C=O) groups is 1. The lowest BCUT2D eigenvalue weighted by molar-refractivity contribution is -0.131. The van der Waals surface area contributed by atoms with Crippen molar-refractivity contribution in [3.63, 3.8) is 0 Å². The van der Waals surface area contributed by atoms with Gasteiger partial charge in [0.1, 0.15) is 0 Å². The zero-order chi connectivity index (χ0) is 12.2. The van der Waals surface area contributed by atoms with E-state index in [4.69, 9.17) is 0 Å². The minimum atomic E-state index is -2.79. The molecule has 1 amide bonds. The van der Waals surface area contributed by atoms with E-state index in [0.29, 0.717) is 18.2 Å². The highest BCUT2D eigenvalue weighted by atomic mass is 32.2. The van der Waals surface area contributed by atoms with Crippen molar-refractivity contribution in [3.05, 3.63) is 0 Å². The first kappa shape index (κ1) is 13.4. The molecule has 16 heavy (non-hydrogen) atoms. The predicted octanol–water partition coefficient (Wildman–Crippen LogP) is 0.280. The smallest absolute Gasteiger partial charge is 0.222 e. The van der Waals surface area contributed by atoms with Crippen molar-refractivity contribution in [2.75, 3.05) is 32.9 Å². The van der Waals surface area contributed by atoms with Crippen LogP contribution in [0.5, 0.6) is 0 Å². The molecule has 0 aromatic rings. The van der Waals surface area contributed by atoms with Crippen LogP contribution in [-0.4, -0.2) is 56.5 Å². The van der Waals surface area contributed by atoms with Gasteiger partial charge in [-0.15, -0.1) is 0 Å². The third kappa shape index (κ3) is 3.75. The predicted molar refractivity (Wildman–Crippen MR) is 62.5 cm³/mol. The van der Waals surface area contributed by atoms with E-state index in [-0.39, 0.29) is 0 Å². The largest absolute Gasteiger partial charge is 0.346 e. The monoisotopic (exact) mass is 248 g/mol. The SMILES string of the molecule is CN1CCCCC1=O.CN1CCCS1(=O)=O. The molecule has 0 aliphatic carbocycles. The average molecular weight is 248 g/mol. The Bertz CT molecular complexity index is 340. The minimum absolute atomic E-state index is 0.302. The lowest BCUT2D eigenvalue weighted by Crippen LogP contribution is -2.31. The molecule has 0 aromatic heterocycles. The van der Waals surface area contributed by atoms with E-state index < -0.39 is 10.0 Å². The van der Waals surface area contributed by atoms with E-state index in [1.165, 1.54) is 10.7 Å². The highest BCUT2D eigenvalue weighted by Crippen LogP contribution is 2.08. The molecular formula is C10H20N2O3S. The van der Waals surface area contributed by atoms with Gasteiger partial charge in [-0.1, -0.05) is 0 Å². The summed E-state index contributed by atoms with van der Waals surface area (Å²) in [7, 11) is 0.684. The van der Waals surface area contributed by atoms with E-state index in [0.717, 1.165) is 25.8 Å². The molecule has 0 aromatic carbocycles. The molecule has 2 aliphatic heterocycles. The van der Waals surface area contributed by atoms with E-state index >= 15 is 0 Å². The molecular weight excluding hydrogens is 228 g/mol. The maximum atomic E-state index is 10.7. The van der Waals surface area contributed by atoms with Crippen LogP contribution < -0.4 is 0 Å². The van der Waals surface area contributed by atoms with Crippen LogP contribution in [0.4, 0.5) is 0 Å². The second-order valence-electron chi connectivity index (χ2n) is 4.26. The first-order chi connectivity index (χ1) is 7.43. The van der Waals surface area contributed by atoms with E-state index in [1.54, 1.807) is 11.9 Å². The Labute approximate surface area is 97.5 Å². The minimum Gasteiger partial charge on any atom is -0.346 e. The third-order valence-electron chi connectivity index (χ3n) is 2.91. The normalized spacial score (nSPS) is 25.1. The average Bonchev–Trinajstić information content (AvgIpc) is 2.51. The number of nitrogens with zero attached hydrogens (tertiary/aromatic N) is 2. The Kier molecular flexibility index (Phi) is 4.73. The van der Waals surface area contributed by atoms with Gasteiger partial charge in [0.15, 0.2) is 0 Å². The molecule has 0 N–H and O–H groups in total. The number of hydrogen-bond donors (Lipinski definition) is 0. The van der Waals surface area contributed by atoms with Gasteiger partial charge < -0.3 is 4.90 Å². The molecule has 6 heteroatoms. The van der Waals surface area contributed by atoms with Crippen molar-refractivity contribution in [3.8, 4) is 0 Å². The maximum Gasteiger partial charge on any atom is 0.222 e. The number of amides is 1. The molecule has 2 fully saturated rings. The molecule has 0 bridgehead atoms. The summed E-state index contributed by atoms with van der Waals surface area (Å²) < 4.78 is 22.8. The standard InChI is InChI=1S/C6H11NO.C4H9NO2S/c1-7-5-3-2-4-6(7)8;1-5-3-2-4-8(5,6)7/h2-5H2,1H3;2-4H2,1H3. The lowest BCUT2D eigenvalue weighted by atomic mass is 10.1. The highest BCUT2D eigenvalue weighted by molar-refractivity contribution is 7.89. The van der Waals surface area contributed by atoms with Crippen molar-refractivity contribution in [1.82, 2.24) is 9.21 Å². The second-order valence-corrected chi connectivity index (χ2v) is 6.46. The first-order valence-electron chi connectivity index (χ1n) is 5.61. The summed E-state index contributed by atoms with van der Waals surface area (Å²) in [6.07, 6.45) is 3.82. The van der Waals surface area contributed by atoms with Gasteiger partial charge in [-0.2, -0.15) is 0 Å². The summed E-state index contributed by atoms with van der Waals surface area (Å²) in [5.41, 5.74) is 0. The Morgan fingerprint density at radius 2 is 1.75 bits per heavy atom. The highest BCUT2D eigenvalue weighted by Gasteiger charge is 2.23. The van der Waals surface area contributed by atoms with Crippen LogP contribution in [0.15, 0.2) is 0 Å². The van der Waals surface area contributed by atoms with Crippen molar-refractivity contribution < 1.29 is 13.2 Å². The number of likely N-dealkylation sites (tertiary alicyclic amines) is 1. The summed E-state index contributed by atoms with van der Waals surface area (Å²) in [4.78, 5) is 12.5. The molecule has 0 atom stereocenters. The zero-order valence-corrected chi connectivity index (χ0v) is 10.8. The molecule has 2 heterocycles. The van der Waals surface area contributed by atoms with Crippen molar-refractivity contribution in [2.45, 2.75) is 25.7 Å². The van der Waals surface area contributed by atoms with E-state index in [2.05, 4.69) is 0 Å². The van der Waals surface area contributed by atoms with Crippen LogP contribution in [0.3, 0.4) is 0 Å². The van der Waals surface area contributed by atoms with E-state index in [9.17, 15) is 13.2 Å². The number of piperidine rings is 1. The summed E-state index contributed by atoms with van der Waals surface area (Å²) in [5.74, 6) is 0.639. The molecule has 0 saturated carbocycles. The number of sulfonamides is 1. The lowest BCUT2D eigenvalue weighted by Gasteiger charge is -2.21. The quantitative estimate of drug-likeness (QED) is 0.619. The Balaban J connectivity index is 0.000000160. The van der Waals surface area contributed by atoms with Gasteiger partial charge in [0.05, 0.1) is 5.75 Å². The molecule has 2 aliphatic rings. The maximum absolute atomic E-state index is 10.7. The van der Waals surface area contributed by atoms with Crippen molar-refractivity contribution in [1.29, 1.82) is 0 Å². The summed E-state index contributed by atoms with van der Waals surface area (Å²) in [5, 5.41) is 0. The van der Waals surface area contributed by atoms with Gasteiger partial charge in [0, 0.05) is 33.6 Å². The third-order valence-corrected chi connectivity index (χ3v) is 4.85. The molecule has 0 radical (unpaired) electrons. The van der Waals surface area contributed by atoms with Crippen LogP contribution in [0.2, 0.25) is 0 Å². The van der Waals surface area contributed by atoms with Gasteiger partial charge in [0.25, 0.3) is 0 Å². The Morgan fingerprint density at radius 1 is 1.06 bits per heavy atom. The summed E-state index contributed by atoms with van der Waals surface area (Å²) in [6, 6.07) is 0. The van der Waals surface area contributed by atoms with Crippen molar-refractivity contribution in [2.24, 2.45) is 0 Å². The molecule has 2 saturated heterocycles. The number of hydrogen-bond acceptors (Lipinski definition) is 3. The van der Waals surface area contributed by atoms with Gasteiger partial charge in [-0.25, -0.2) is 12.7 Å². The number of rotatable bonds is 0. The zero-order valence-electron chi connectivity index (χ0n) is 9.98.